The van der Waals surface area contributed by atoms with Crippen LogP contribution < -0.4 is 10.9 Å². The lowest BCUT2D eigenvalue weighted by atomic mass is 10.1. The highest BCUT2D eigenvalue weighted by Gasteiger charge is 2.30. The van der Waals surface area contributed by atoms with E-state index in [2.05, 4.69) is 10.4 Å². The summed E-state index contributed by atoms with van der Waals surface area (Å²) in [6.45, 7) is 1.51. The largest absolute Gasteiger partial charge is 0.416 e. The highest BCUT2D eigenvalue weighted by molar-refractivity contribution is 5.93. The van der Waals surface area contributed by atoms with Crippen LogP contribution in [0.1, 0.15) is 42.9 Å². The Morgan fingerprint density at radius 2 is 1.68 bits per heavy atom. The molecule has 1 atom stereocenters. The fourth-order valence-electron chi connectivity index (χ4n) is 3.30. The molecule has 1 aromatic heterocycles. The standard InChI is InChI=1S/C23H20F3N3O2/c1-14(22(31)27-19-10-8-18(9-11-19)23(24,25)26)29-21(30)13-12-20(28-29)17-6-4-16(5-7-17)15-2-3-15/h4-15H,2-3H2,1H3,(H,27,31). The van der Waals surface area contributed by atoms with E-state index in [4.69, 9.17) is 0 Å². The molecule has 1 N–H and O–H groups in total. The molecule has 0 aliphatic heterocycles. The van der Waals surface area contributed by atoms with Crippen molar-refractivity contribution in [3.05, 3.63) is 82.1 Å². The van der Waals surface area contributed by atoms with Crippen molar-refractivity contribution in [2.24, 2.45) is 0 Å². The number of hydrogen-bond acceptors (Lipinski definition) is 3. The van der Waals surface area contributed by atoms with Crippen molar-refractivity contribution in [1.29, 1.82) is 0 Å². The molecule has 1 amide bonds. The lowest BCUT2D eigenvalue weighted by Gasteiger charge is -2.15. The van der Waals surface area contributed by atoms with Crippen molar-refractivity contribution in [2.45, 2.75) is 37.9 Å². The minimum Gasteiger partial charge on any atom is -0.324 e. The molecule has 1 saturated carbocycles. The van der Waals surface area contributed by atoms with Crippen LogP contribution in [0.15, 0.2) is 65.5 Å². The molecule has 0 spiro atoms. The quantitative estimate of drug-likeness (QED) is 0.623. The van der Waals surface area contributed by atoms with E-state index in [1.807, 2.05) is 24.3 Å². The first-order valence-electron chi connectivity index (χ1n) is 9.91. The van der Waals surface area contributed by atoms with Crippen molar-refractivity contribution in [1.82, 2.24) is 9.78 Å². The van der Waals surface area contributed by atoms with Gasteiger partial charge < -0.3 is 5.32 Å². The van der Waals surface area contributed by atoms with Crippen molar-refractivity contribution < 1.29 is 18.0 Å². The van der Waals surface area contributed by atoms with E-state index in [1.54, 1.807) is 6.07 Å². The highest BCUT2D eigenvalue weighted by Crippen LogP contribution is 2.40. The van der Waals surface area contributed by atoms with Gasteiger partial charge in [0.25, 0.3) is 5.56 Å². The fraction of sp³-hybridized carbons (Fsp3) is 0.261. The lowest BCUT2D eigenvalue weighted by molar-refractivity contribution is -0.137. The van der Waals surface area contributed by atoms with Gasteiger partial charge in [-0.25, -0.2) is 4.68 Å². The molecular formula is C23H20F3N3O2. The maximum Gasteiger partial charge on any atom is 0.416 e. The Kier molecular flexibility index (Phi) is 5.39. The molecule has 8 heteroatoms. The van der Waals surface area contributed by atoms with Crippen LogP contribution >= 0.6 is 0 Å². The second kappa shape index (κ2) is 8.02. The zero-order chi connectivity index (χ0) is 22.2. The predicted octanol–water partition coefficient (Wildman–Crippen LogP) is 5.01. The third-order valence-electron chi connectivity index (χ3n) is 5.31. The van der Waals surface area contributed by atoms with Crippen LogP contribution in [-0.4, -0.2) is 15.7 Å². The summed E-state index contributed by atoms with van der Waals surface area (Å²) in [5, 5.41) is 6.86. The Bertz CT molecular complexity index is 1150. The molecule has 1 heterocycles. The zero-order valence-electron chi connectivity index (χ0n) is 16.7. The van der Waals surface area contributed by atoms with Gasteiger partial charge in [0.2, 0.25) is 5.91 Å². The summed E-state index contributed by atoms with van der Waals surface area (Å²) in [4.78, 5) is 24.9. The number of amides is 1. The molecule has 0 radical (unpaired) electrons. The third kappa shape index (κ3) is 4.68. The summed E-state index contributed by atoms with van der Waals surface area (Å²) >= 11 is 0. The topological polar surface area (TPSA) is 64.0 Å². The van der Waals surface area contributed by atoms with Gasteiger partial charge in [0, 0.05) is 17.3 Å². The number of aromatic nitrogens is 2. The molecule has 1 unspecified atom stereocenters. The van der Waals surface area contributed by atoms with E-state index >= 15 is 0 Å². The molecule has 3 aromatic rings. The molecular weight excluding hydrogens is 407 g/mol. The number of carbonyl (C=O) groups is 1. The number of carbonyl (C=O) groups excluding carboxylic acids is 1. The SMILES string of the molecule is CC(C(=O)Nc1ccc(C(F)(F)F)cc1)n1nc(-c2ccc(C3CC3)cc2)ccc1=O. The number of hydrogen-bond donors (Lipinski definition) is 1. The Labute approximate surface area is 176 Å². The molecule has 5 nitrogen and oxygen atoms in total. The van der Waals surface area contributed by atoms with E-state index in [0.717, 1.165) is 22.4 Å². The third-order valence-corrected chi connectivity index (χ3v) is 5.31. The summed E-state index contributed by atoms with van der Waals surface area (Å²) in [5.41, 5.74) is 1.60. The number of halogens is 3. The Balaban J connectivity index is 1.52. The van der Waals surface area contributed by atoms with Crippen LogP contribution in [0.4, 0.5) is 18.9 Å². The molecule has 1 aliphatic carbocycles. The van der Waals surface area contributed by atoms with E-state index in [1.165, 1.54) is 43.5 Å². The van der Waals surface area contributed by atoms with Crippen LogP contribution in [0.25, 0.3) is 11.3 Å². The summed E-state index contributed by atoms with van der Waals surface area (Å²) in [7, 11) is 0. The van der Waals surface area contributed by atoms with Gasteiger partial charge in [0.1, 0.15) is 6.04 Å². The van der Waals surface area contributed by atoms with E-state index in [0.29, 0.717) is 11.6 Å². The first kappa shape index (κ1) is 20.8. The van der Waals surface area contributed by atoms with Crippen molar-refractivity contribution in [3.63, 3.8) is 0 Å². The molecule has 31 heavy (non-hydrogen) atoms. The van der Waals surface area contributed by atoms with E-state index < -0.39 is 29.2 Å². The van der Waals surface area contributed by atoms with Crippen molar-refractivity contribution >= 4 is 11.6 Å². The second-order valence-electron chi connectivity index (χ2n) is 7.64. The lowest BCUT2D eigenvalue weighted by Crippen LogP contribution is -2.33. The molecule has 4 rings (SSSR count). The summed E-state index contributed by atoms with van der Waals surface area (Å²) in [6.07, 6.45) is -2.05. The van der Waals surface area contributed by atoms with Gasteiger partial charge in [0.15, 0.2) is 0 Å². The minimum absolute atomic E-state index is 0.199. The Morgan fingerprint density at radius 1 is 1.03 bits per heavy atom. The summed E-state index contributed by atoms with van der Waals surface area (Å²) in [6, 6.07) is 14.1. The second-order valence-corrected chi connectivity index (χ2v) is 7.64. The number of nitrogens with zero attached hydrogens (tertiary/aromatic N) is 2. The van der Waals surface area contributed by atoms with Gasteiger partial charge in [-0.3, -0.25) is 9.59 Å². The maximum atomic E-state index is 12.7. The highest BCUT2D eigenvalue weighted by atomic mass is 19.4. The first-order valence-corrected chi connectivity index (χ1v) is 9.91. The average Bonchev–Trinajstić information content (AvgIpc) is 3.59. The summed E-state index contributed by atoms with van der Waals surface area (Å²) < 4.78 is 39.1. The van der Waals surface area contributed by atoms with Gasteiger partial charge in [0.05, 0.1) is 11.3 Å². The maximum absolute atomic E-state index is 12.7. The van der Waals surface area contributed by atoms with Gasteiger partial charge in [-0.05, 0) is 61.6 Å². The van der Waals surface area contributed by atoms with Crippen molar-refractivity contribution in [3.8, 4) is 11.3 Å². The zero-order valence-corrected chi connectivity index (χ0v) is 16.7. The van der Waals surface area contributed by atoms with Crippen LogP contribution in [0.5, 0.6) is 0 Å². The molecule has 1 fully saturated rings. The normalized spacial score (nSPS) is 14.8. The van der Waals surface area contributed by atoms with Gasteiger partial charge in [-0.15, -0.1) is 0 Å². The average molecular weight is 427 g/mol. The number of benzene rings is 2. The van der Waals surface area contributed by atoms with E-state index in [-0.39, 0.29) is 5.69 Å². The number of rotatable bonds is 5. The number of alkyl halides is 3. The first-order chi connectivity index (χ1) is 14.7. The van der Waals surface area contributed by atoms with Gasteiger partial charge in [-0.1, -0.05) is 24.3 Å². The van der Waals surface area contributed by atoms with E-state index in [9.17, 15) is 22.8 Å². The van der Waals surface area contributed by atoms with Gasteiger partial charge >= 0.3 is 6.18 Å². The Hall–Kier alpha value is -3.42. The molecule has 0 saturated heterocycles. The molecule has 1 aliphatic rings. The molecule has 160 valence electrons. The fourth-order valence-corrected chi connectivity index (χ4v) is 3.30. The predicted molar refractivity (Wildman–Crippen MR) is 111 cm³/mol. The Morgan fingerprint density at radius 3 is 2.26 bits per heavy atom. The van der Waals surface area contributed by atoms with Crippen LogP contribution in [0.3, 0.4) is 0 Å². The van der Waals surface area contributed by atoms with Crippen LogP contribution in [0, 0.1) is 0 Å². The number of nitrogens with one attached hydrogen (secondary N) is 1. The monoisotopic (exact) mass is 427 g/mol. The molecule has 2 aromatic carbocycles. The smallest absolute Gasteiger partial charge is 0.324 e. The van der Waals surface area contributed by atoms with Gasteiger partial charge in [-0.2, -0.15) is 18.3 Å². The summed E-state index contributed by atoms with van der Waals surface area (Å²) in [5.74, 6) is 0.0699. The number of anilines is 1. The molecule has 0 bridgehead atoms. The van der Waals surface area contributed by atoms with Crippen LogP contribution in [-0.2, 0) is 11.0 Å². The van der Waals surface area contributed by atoms with Crippen molar-refractivity contribution in [2.75, 3.05) is 5.32 Å². The minimum atomic E-state index is -4.45. The van der Waals surface area contributed by atoms with Crippen LogP contribution in [0.2, 0.25) is 0 Å².